The van der Waals surface area contributed by atoms with Crippen LogP contribution in [0, 0.1) is 6.92 Å². The fraction of sp³-hybridized carbons (Fsp3) is 0.409. The van der Waals surface area contributed by atoms with Gasteiger partial charge in [0.2, 0.25) is 10.0 Å². The third kappa shape index (κ3) is 4.28. The fourth-order valence-electron chi connectivity index (χ4n) is 3.36. The van der Waals surface area contributed by atoms with Gasteiger partial charge in [0.05, 0.1) is 4.90 Å². The third-order valence-corrected chi connectivity index (χ3v) is 7.44. The van der Waals surface area contributed by atoms with Crippen LogP contribution in [0.5, 0.6) is 0 Å². The summed E-state index contributed by atoms with van der Waals surface area (Å²) in [6.45, 7) is 7.65. The van der Waals surface area contributed by atoms with Gasteiger partial charge in [-0.3, -0.25) is 4.79 Å². The smallest absolute Gasteiger partial charge is 0.253 e. The number of sulfonamides is 1. The second-order valence-corrected chi connectivity index (χ2v) is 9.38. The van der Waals surface area contributed by atoms with Crippen molar-refractivity contribution in [3.63, 3.8) is 0 Å². The van der Waals surface area contributed by atoms with Gasteiger partial charge in [-0.05, 0) is 49.1 Å². The quantitative estimate of drug-likeness (QED) is 0.770. The van der Waals surface area contributed by atoms with E-state index < -0.39 is 10.0 Å². The lowest BCUT2D eigenvalue weighted by atomic mass is 9.99. The Hall–Kier alpha value is -2.18. The molecule has 1 fully saturated rings. The third-order valence-electron chi connectivity index (χ3n) is 5.52. The van der Waals surface area contributed by atoms with E-state index in [1.165, 1.54) is 4.31 Å². The summed E-state index contributed by atoms with van der Waals surface area (Å²) in [6.07, 6.45) is 1.02. The van der Waals surface area contributed by atoms with Crippen molar-refractivity contribution >= 4 is 15.9 Å². The van der Waals surface area contributed by atoms with Gasteiger partial charge in [0.15, 0.2) is 0 Å². The van der Waals surface area contributed by atoms with Gasteiger partial charge in [-0.25, -0.2) is 8.42 Å². The van der Waals surface area contributed by atoms with Crippen molar-refractivity contribution in [1.82, 2.24) is 9.21 Å². The zero-order valence-corrected chi connectivity index (χ0v) is 17.6. The Kier molecular flexibility index (Phi) is 6.20. The highest BCUT2D eigenvalue weighted by molar-refractivity contribution is 7.89. The molecule has 150 valence electrons. The van der Waals surface area contributed by atoms with E-state index in [9.17, 15) is 13.2 Å². The van der Waals surface area contributed by atoms with Crippen molar-refractivity contribution in [2.24, 2.45) is 0 Å². The lowest BCUT2D eigenvalue weighted by Gasteiger charge is -2.34. The maximum Gasteiger partial charge on any atom is 0.253 e. The van der Waals surface area contributed by atoms with Crippen LogP contribution in [0.25, 0.3) is 0 Å². The molecule has 1 aliphatic rings. The van der Waals surface area contributed by atoms with Crippen LogP contribution in [0.2, 0.25) is 0 Å². The molecule has 0 bridgehead atoms. The van der Waals surface area contributed by atoms with Crippen molar-refractivity contribution in [1.29, 1.82) is 0 Å². The molecule has 28 heavy (non-hydrogen) atoms. The Morgan fingerprint density at radius 1 is 0.964 bits per heavy atom. The molecule has 2 aromatic rings. The molecule has 1 heterocycles. The first-order chi connectivity index (χ1) is 13.3. The first-order valence-electron chi connectivity index (χ1n) is 9.79. The monoisotopic (exact) mass is 400 g/mol. The second-order valence-electron chi connectivity index (χ2n) is 7.44. The molecule has 1 saturated heterocycles. The van der Waals surface area contributed by atoms with Crippen LogP contribution in [0.3, 0.4) is 0 Å². The SMILES string of the molecule is CCC(C)c1ccc(S(=O)(=O)N2CCN(C(=O)c3ccc(C)cc3)CC2)cc1. The average Bonchev–Trinajstić information content (AvgIpc) is 2.73. The van der Waals surface area contributed by atoms with Gasteiger partial charge >= 0.3 is 0 Å². The zero-order chi connectivity index (χ0) is 20.3. The molecule has 0 aromatic heterocycles. The van der Waals surface area contributed by atoms with Crippen molar-refractivity contribution in [3.05, 3.63) is 65.2 Å². The summed E-state index contributed by atoms with van der Waals surface area (Å²) in [7, 11) is -3.54. The Bertz CT molecular complexity index is 913. The Balaban J connectivity index is 1.66. The van der Waals surface area contributed by atoms with Gasteiger partial charge < -0.3 is 4.90 Å². The van der Waals surface area contributed by atoms with E-state index in [0.29, 0.717) is 42.6 Å². The molecule has 1 unspecified atom stereocenters. The molecular weight excluding hydrogens is 372 g/mol. The number of nitrogens with zero attached hydrogens (tertiary/aromatic N) is 2. The van der Waals surface area contributed by atoms with Gasteiger partial charge in [-0.15, -0.1) is 0 Å². The van der Waals surface area contributed by atoms with Crippen LogP contribution in [0.1, 0.15) is 47.7 Å². The maximum absolute atomic E-state index is 12.9. The van der Waals surface area contributed by atoms with E-state index in [2.05, 4.69) is 13.8 Å². The average molecular weight is 401 g/mol. The van der Waals surface area contributed by atoms with Crippen molar-refractivity contribution in [3.8, 4) is 0 Å². The highest BCUT2D eigenvalue weighted by atomic mass is 32.2. The lowest BCUT2D eigenvalue weighted by molar-refractivity contribution is 0.0698. The van der Waals surface area contributed by atoms with Gasteiger partial charge in [0.1, 0.15) is 0 Å². The van der Waals surface area contributed by atoms with E-state index >= 15 is 0 Å². The van der Waals surface area contributed by atoms with E-state index in [4.69, 9.17) is 0 Å². The van der Waals surface area contributed by atoms with E-state index in [-0.39, 0.29) is 5.91 Å². The molecule has 2 aromatic carbocycles. The maximum atomic E-state index is 12.9. The molecule has 0 radical (unpaired) electrons. The Morgan fingerprint density at radius 3 is 2.07 bits per heavy atom. The highest BCUT2D eigenvalue weighted by Gasteiger charge is 2.30. The van der Waals surface area contributed by atoms with E-state index in [0.717, 1.165) is 17.5 Å². The summed E-state index contributed by atoms with van der Waals surface area (Å²) in [6, 6.07) is 14.7. The van der Waals surface area contributed by atoms with Crippen LogP contribution >= 0.6 is 0 Å². The van der Waals surface area contributed by atoms with Crippen molar-refractivity contribution < 1.29 is 13.2 Å². The van der Waals surface area contributed by atoms with Crippen LogP contribution < -0.4 is 0 Å². The summed E-state index contributed by atoms with van der Waals surface area (Å²) in [5, 5.41) is 0. The highest BCUT2D eigenvalue weighted by Crippen LogP contribution is 2.23. The standard InChI is InChI=1S/C22H28N2O3S/c1-4-18(3)19-9-11-21(12-10-19)28(26,27)24-15-13-23(14-16-24)22(25)20-7-5-17(2)6-8-20/h5-12,18H,4,13-16H2,1-3H3. The van der Waals surface area contributed by atoms with Crippen molar-refractivity contribution in [2.75, 3.05) is 26.2 Å². The predicted octanol–water partition coefficient (Wildman–Crippen LogP) is 3.66. The summed E-state index contributed by atoms with van der Waals surface area (Å²) in [5.74, 6) is 0.364. The molecule has 0 aliphatic carbocycles. The number of hydrogen-bond donors (Lipinski definition) is 0. The largest absolute Gasteiger partial charge is 0.336 e. The minimum absolute atomic E-state index is 0.0463. The van der Waals surface area contributed by atoms with Crippen LogP contribution in [0.15, 0.2) is 53.4 Å². The number of rotatable bonds is 5. The molecule has 5 nitrogen and oxygen atoms in total. The second kappa shape index (κ2) is 8.45. The number of carbonyl (C=O) groups is 1. The Morgan fingerprint density at radius 2 is 1.54 bits per heavy atom. The molecular formula is C22H28N2O3S. The number of hydrogen-bond acceptors (Lipinski definition) is 3. The summed E-state index contributed by atoms with van der Waals surface area (Å²) >= 11 is 0. The summed E-state index contributed by atoms with van der Waals surface area (Å²) in [5.41, 5.74) is 2.89. The van der Waals surface area contributed by atoms with Crippen LogP contribution in [-0.2, 0) is 10.0 Å². The molecule has 1 atom stereocenters. The molecule has 1 amide bonds. The minimum Gasteiger partial charge on any atom is -0.336 e. The minimum atomic E-state index is -3.54. The molecule has 6 heteroatoms. The molecule has 0 N–H and O–H groups in total. The van der Waals surface area contributed by atoms with Crippen LogP contribution in [-0.4, -0.2) is 49.7 Å². The topological polar surface area (TPSA) is 57.7 Å². The number of amides is 1. The van der Waals surface area contributed by atoms with Gasteiger partial charge in [-0.2, -0.15) is 4.31 Å². The van der Waals surface area contributed by atoms with Gasteiger partial charge in [0, 0.05) is 31.7 Å². The zero-order valence-electron chi connectivity index (χ0n) is 16.8. The number of benzene rings is 2. The summed E-state index contributed by atoms with van der Waals surface area (Å²) < 4.78 is 27.4. The normalized spacial score (nSPS) is 16.8. The predicted molar refractivity (Wildman–Crippen MR) is 111 cm³/mol. The number of aryl methyl sites for hydroxylation is 1. The first kappa shape index (κ1) is 20.6. The van der Waals surface area contributed by atoms with Gasteiger partial charge in [0.25, 0.3) is 5.91 Å². The molecule has 1 aliphatic heterocycles. The number of piperazine rings is 1. The van der Waals surface area contributed by atoms with Gasteiger partial charge in [-0.1, -0.05) is 43.7 Å². The number of carbonyl (C=O) groups excluding carboxylic acids is 1. The van der Waals surface area contributed by atoms with E-state index in [1.54, 1.807) is 17.0 Å². The molecule has 0 saturated carbocycles. The summed E-state index contributed by atoms with van der Waals surface area (Å²) in [4.78, 5) is 14.7. The fourth-order valence-corrected chi connectivity index (χ4v) is 4.79. The molecule has 3 rings (SSSR count). The first-order valence-corrected chi connectivity index (χ1v) is 11.2. The lowest BCUT2D eigenvalue weighted by Crippen LogP contribution is -2.50. The van der Waals surface area contributed by atoms with Crippen LogP contribution in [0.4, 0.5) is 0 Å². The molecule has 0 spiro atoms. The van der Waals surface area contributed by atoms with E-state index in [1.807, 2.05) is 43.3 Å². The Labute approximate surface area is 168 Å². The van der Waals surface area contributed by atoms with Crippen molar-refractivity contribution in [2.45, 2.75) is 38.0 Å².